The van der Waals surface area contributed by atoms with Gasteiger partial charge in [0.25, 0.3) is 0 Å². The number of thiocarbonyl (C=S) groups is 1. The lowest BCUT2D eigenvalue weighted by atomic mass is 10.1. The van der Waals surface area contributed by atoms with Gasteiger partial charge < -0.3 is 15.1 Å². The number of unbranched alkanes of at least 4 members (excludes halogenated alkanes) is 7. The average molecular weight is 396 g/mol. The largest absolute Gasteiger partial charge is 0.368 e. The first-order valence-corrected chi connectivity index (χ1v) is 11.0. The Morgan fingerprint density at radius 3 is 2.31 bits per heavy atom. The van der Waals surface area contributed by atoms with Gasteiger partial charge >= 0.3 is 0 Å². The molecular formula is C21H34ClN3S. The highest BCUT2D eigenvalue weighted by Gasteiger charge is 2.19. The number of nitrogens with one attached hydrogen (secondary N) is 1. The third-order valence-corrected chi connectivity index (χ3v) is 5.68. The Labute approximate surface area is 170 Å². The van der Waals surface area contributed by atoms with Crippen LogP contribution in [0.2, 0.25) is 5.02 Å². The summed E-state index contributed by atoms with van der Waals surface area (Å²) in [4.78, 5) is 4.67. The normalized spacial score (nSPS) is 14.5. The lowest BCUT2D eigenvalue weighted by molar-refractivity contribution is 0.379. The molecule has 0 unspecified atom stereocenters. The number of benzene rings is 1. The second-order valence-electron chi connectivity index (χ2n) is 7.16. The van der Waals surface area contributed by atoms with E-state index in [2.05, 4.69) is 28.1 Å². The molecule has 2 rings (SSSR count). The van der Waals surface area contributed by atoms with Crippen molar-refractivity contribution in [3.8, 4) is 0 Å². The molecular weight excluding hydrogens is 362 g/mol. The summed E-state index contributed by atoms with van der Waals surface area (Å²) in [5.74, 6) is 0. The third-order valence-electron chi connectivity index (χ3n) is 5.05. The summed E-state index contributed by atoms with van der Waals surface area (Å²) in [6.45, 7) is 7.18. The number of hydrogen-bond acceptors (Lipinski definition) is 2. The minimum Gasteiger partial charge on any atom is -0.368 e. The van der Waals surface area contributed by atoms with Crippen molar-refractivity contribution in [3.63, 3.8) is 0 Å². The van der Waals surface area contributed by atoms with Gasteiger partial charge in [0.05, 0.1) is 0 Å². The van der Waals surface area contributed by atoms with E-state index in [1.54, 1.807) is 0 Å². The van der Waals surface area contributed by atoms with Crippen LogP contribution < -0.4 is 10.2 Å². The minimum atomic E-state index is 0.799. The molecule has 1 aliphatic rings. The summed E-state index contributed by atoms with van der Waals surface area (Å²) < 4.78 is 0. The molecule has 0 saturated carbocycles. The highest BCUT2D eigenvalue weighted by atomic mass is 35.5. The number of nitrogens with zero attached hydrogens (tertiary/aromatic N) is 2. The standard InChI is InChI=1S/C21H34ClN3S/c1-2-3-4-5-6-7-8-9-13-23-21(26)25-16-14-24(15-17-25)20-12-10-11-19(22)18-20/h10-12,18H,2-9,13-17H2,1H3,(H,23,26). The van der Waals surface area contributed by atoms with Crippen molar-refractivity contribution in [1.82, 2.24) is 10.2 Å². The van der Waals surface area contributed by atoms with E-state index in [-0.39, 0.29) is 0 Å². The van der Waals surface area contributed by atoms with Crippen molar-refractivity contribution >= 4 is 34.6 Å². The Kier molecular flexibility index (Phi) is 10.2. The van der Waals surface area contributed by atoms with Gasteiger partial charge in [-0.2, -0.15) is 0 Å². The van der Waals surface area contributed by atoms with E-state index in [0.29, 0.717) is 0 Å². The van der Waals surface area contributed by atoms with Gasteiger partial charge in [-0.25, -0.2) is 0 Å². The fraction of sp³-hybridized carbons (Fsp3) is 0.667. The molecule has 0 radical (unpaired) electrons. The molecule has 3 nitrogen and oxygen atoms in total. The molecule has 0 spiro atoms. The fourth-order valence-corrected chi connectivity index (χ4v) is 3.88. The third kappa shape index (κ3) is 7.71. The first-order chi connectivity index (χ1) is 12.7. The lowest BCUT2D eigenvalue weighted by Gasteiger charge is -2.37. The second kappa shape index (κ2) is 12.4. The van der Waals surface area contributed by atoms with Crippen LogP contribution in [0.25, 0.3) is 0 Å². The van der Waals surface area contributed by atoms with Crippen LogP contribution in [-0.2, 0) is 0 Å². The Balaban J connectivity index is 1.54. The first-order valence-electron chi connectivity index (χ1n) is 10.2. The number of anilines is 1. The van der Waals surface area contributed by atoms with Gasteiger partial charge in [-0.3, -0.25) is 0 Å². The van der Waals surface area contributed by atoms with Gasteiger partial charge in [0.15, 0.2) is 5.11 Å². The molecule has 1 aliphatic heterocycles. The van der Waals surface area contributed by atoms with Crippen molar-refractivity contribution in [3.05, 3.63) is 29.3 Å². The van der Waals surface area contributed by atoms with E-state index >= 15 is 0 Å². The van der Waals surface area contributed by atoms with Crippen molar-refractivity contribution in [2.24, 2.45) is 0 Å². The minimum absolute atomic E-state index is 0.799. The van der Waals surface area contributed by atoms with Crippen molar-refractivity contribution < 1.29 is 0 Å². The van der Waals surface area contributed by atoms with Crippen LogP contribution in [0.1, 0.15) is 58.3 Å². The predicted octanol–water partition coefficient (Wildman–Crippen LogP) is 5.48. The zero-order valence-corrected chi connectivity index (χ0v) is 17.8. The van der Waals surface area contributed by atoms with E-state index in [1.807, 2.05) is 18.2 Å². The van der Waals surface area contributed by atoms with Crippen LogP contribution in [0.5, 0.6) is 0 Å². The zero-order chi connectivity index (χ0) is 18.6. The lowest BCUT2D eigenvalue weighted by Crippen LogP contribution is -2.51. The highest BCUT2D eigenvalue weighted by molar-refractivity contribution is 7.80. The SMILES string of the molecule is CCCCCCCCCCNC(=S)N1CCN(c2cccc(Cl)c2)CC1. The van der Waals surface area contributed by atoms with Gasteiger partial charge in [0.1, 0.15) is 0 Å². The molecule has 5 heteroatoms. The smallest absolute Gasteiger partial charge is 0.169 e. The molecule has 0 amide bonds. The first kappa shape index (κ1) is 21.3. The zero-order valence-electron chi connectivity index (χ0n) is 16.2. The molecule has 1 heterocycles. The summed E-state index contributed by atoms with van der Waals surface area (Å²) >= 11 is 11.7. The Bertz CT molecular complexity index is 530. The molecule has 0 aliphatic carbocycles. The molecule has 146 valence electrons. The van der Waals surface area contributed by atoms with Gasteiger partial charge in [0.2, 0.25) is 0 Å². The second-order valence-corrected chi connectivity index (χ2v) is 7.98. The predicted molar refractivity (Wildman–Crippen MR) is 118 cm³/mol. The number of rotatable bonds is 10. The molecule has 0 aromatic heterocycles. The monoisotopic (exact) mass is 395 g/mol. The molecule has 0 atom stereocenters. The Hall–Kier alpha value is -1.00. The molecule has 26 heavy (non-hydrogen) atoms. The molecule has 1 saturated heterocycles. The van der Waals surface area contributed by atoms with E-state index < -0.39 is 0 Å². The van der Waals surface area contributed by atoms with Crippen molar-refractivity contribution in [2.75, 3.05) is 37.6 Å². The van der Waals surface area contributed by atoms with Crippen LogP contribution in [-0.4, -0.2) is 42.7 Å². The van der Waals surface area contributed by atoms with Crippen molar-refractivity contribution in [1.29, 1.82) is 0 Å². The van der Waals surface area contributed by atoms with Gasteiger partial charge in [-0.15, -0.1) is 0 Å². The van der Waals surface area contributed by atoms with Gasteiger partial charge in [-0.05, 0) is 36.8 Å². The van der Waals surface area contributed by atoms with Crippen LogP contribution in [0.3, 0.4) is 0 Å². The maximum atomic E-state index is 6.10. The van der Waals surface area contributed by atoms with Crippen LogP contribution >= 0.6 is 23.8 Å². The maximum Gasteiger partial charge on any atom is 0.169 e. The summed E-state index contributed by atoms with van der Waals surface area (Å²) in [6.07, 6.45) is 10.8. The topological polar surface area (TPSA) is 18.5 Å². The molecule has 1 fully saturated rings. The fourth-order valence-electron chi connectivity index (χ4n) is 3.41. The summed E-state index contributed by atoms with van der Waals surface area (Å²) in [5, 5.41) is 5.16. The van der Waals surface area contributed by atoms with E-state index in [1.165, 1.54) is 57.1 Å². The average Bonchev–Trinajstić information content (AvgIpc) is 2.66. The van der Waals surface area contributed by atoms with Crippen LogP contribution in [0.4, 0.5) is 5.69 Å². The Morgan fingerprint density at radius 2 is 1.65 bits per heavy atom. The summed E-state index contributed by atoms with van der Waals surface area (Å²) in [7, 11) is 0. The van der Waals surface area contributed by atoms with Crippen LogP contribution in [0.15, 0.2) is 24.3 Å². The maximum absolute atomic E-state index is 6.10. The number of piperazine rings is 1. The summed E-state index contributed by atoms with van der Waals surface area (Å²) in [5.41, 5.74) is 1.20. The van der Waals surface area contributed by atoms with Gasteiger partial charge in [0, 0.05) is 43.4 Å². The quantitative estimate of drug-likeness (QED) is 0.417. The number of halogens is 1. The molecule has 0 bridgehead atoms. The highest BCUT2D eigenvalue weighted by Crippen LogP contribution is 2.20. The van der Waals surface area contributed by atoms with Crippen molar-refractivity contribution in [2.45, 2.75) is 58.3 Å². The van der Waals surface area contributed by atoms with Gasteiger partial charge in [-0.1, -0.05) is 69.5 Å². The number of hydrogen-bond donors (Lipinski definition) is 1. The van der Waals surface area contributed by atoms with E-state index in [4.69, 9.17) is 23.8 Å². The molecule has 1 aromatic rings. The molecule has 1 aromatic carbocycles. The van der Waals surface area contributed by atoms with Crippen LogP contribution in [0, 0.1) is 0 Å². The molecule has 1 N–H and O–H groups in total. The van der Waals surface area contributed by atoms with E-state index in [9.17, 15) is 0 Å². The Morgan fingerprint density at radius 1 is 1.00 bits per heavy atom. The summed E-state index contributed by atoms with van der Waals surface area (Å²) in [6, 6.07) is 8.10. The van der Waals surface area contributed by atoms with E-state index in [0.717, 1.165) is 42.9 Å².